The Kier molecular flexibility index (Phi) is 5.76. The second kappa shape index (κ2) is 8.00. The molecule has 1 aliphatic rings. The van der Waals surface area contributed by atoms with E-state index in [2.05, 4.69) is 23.9 Å². The summed E-state index contributed by atoms with van der Waals surface area (Å²) in [5.74, 6) is 5.03. The standard InChI is InChI=1S/C19H19NO3/c1-14-6-5-9-18(20-23-2)17(14)8-4-3-7-15-10-12-16(13-11-15)19(21)22/h4,8,10-13H,5-6,9H2,1-2H3,(H,21,22)/b8-4+,20-18+. The lowest BCUT2D eigenvalue weighted by Crippen LogP contribution is -2.09. The van der Waals surface area contributed by atoms with E-state index in [1.165, 1.54) is 5.57 Å². The van der Waals surface area contributed by atoms with Gasteiger partial charge in [0.15, 0.2) is 0 Å². The molecule has 0 amide bonds. The fourth-order valence-electron chi connectivity index (χ4n) is 2.43. The minimum Gasteiger partial charge on any atom is -0.478 e. The lowest BCUT2D eigenvalue weighted by molar-refractivity contribution is 0.0697. The molecule has 23 heavy (non-hydrogen) atoms. The van der Waals surface area contributed by atoms with Crippen molar-refractivity contribution in [2.24, 2.45) is 5.16 Å². The number of allylic oxidation sites excluding steroid dienone is 4. The molecule has 1 aromatic rings. The molecule has 0 saturated heterocycles. The van der Waals surface area contributed by atoms with Gasteiger partial charge in [0.05, 0.1) is 11.3 Å². The van der Waals surface area contributed by atoms with Crippen LogP contribution in [-0.2, 0) is 4.84 Å². The molecule has 0 aliphatic heterocycles. The number of carboxylic acid groups (broad SMARTS) is 1. The van der Waals surface area contributed by atoms with Crippen molar-refractivity contribution in [3.05, 3.63) is 58.7 Å². The highest BCUT2D eigenvalue weighted by Gasteiger charge is 2.14. The van der Waals surface area contributed by atoms with E-state index in [4.69, 9.17) is 9.94 Å². The maximum Gasteiger partial charge on any atom is 0.335 e. The molecule has 4 heteroatoms. The van der Waals surface area contributed by atoms with Crippen molar-refractivity contribution < 1.29 is 14.7 Å². The van der Waals surface area contributed by atoms with Gasteiger partial charge in [-0.1, -0.05) is 22.6 Å². The van der Waals surface area contributed by atoms with E-state index < -0.39 is 5.97 Å². The van der Waals surface area contributed by atoms with E-state index >= 15 is 0 Å². The van der Waals surface area contributed by atoms with E-state index in [0.717, 1.165) is 36.1 Å². The smallest absolute Gasteiger partial charge is 0.335 e. The number of nitrogens with zero attached hydrogens (tertiary/aromatic N) is 1. The lowest BCUT2D eigenvalue weighted by atomic mass is 9.91. The van der Waals surface area contributed by atoms with Crippen molar-refractivity contribution in [1.29, 1.82) is 0 Å². The second-order valence-electron chi connectivity index (χ2n) is 5.25. The van der Waals surface area contributed by atoms with Gasteiger partial charge in [0.2, 0.25) is 0 Å². The van der Waals surface area contributed by atoms with Gasteiger partial charge in [-0.2, -0.15) is 0 Å². The van der Waals surface area contributed by atoms with Crippen LogP contribution in [0.3, 0.4) is 0 Å². The fourth-order valence-corrected chi connectivity index (χ4v) is 2.43. The Morgan fingerprint density at radius 3 is 2.70 bits per heavy atom. The molecular weight excluding hydrogens is 290 g/mol. The van der Waals surface area contributed by atoms with E-state index in [1.807, 2.05) is 6.08 Å². The fraction of sp³-hybridized carbons (Fsp3) is 0.263. The molecule has 2 rings (SSSR count). The highest BCUT2D eigenvalue weighted by molar-refractivity contribution is 6.03. The Hall–Kier alpha value is -2.80. The molecule has 118 valence electrons. The van der Waals surface area contributed by atoms with Crippen LogP contribution in [0.5, 0.6) is 0 Å². The number of oxime groups is 1. The molecule has 0 spiro atoms. The van der Waals surface area contributed by atoms with Crippen LogP contribution in [0.4, 0.5) is 0 Å². The average Bonchev–Trinajstić information content (AvgIpc) is 2.54. The summed E-state index contributed by atoms with van der Waals surface area (Å²) >= 11 is 0. The Labute approximate surface area is 136 Å². The summed E-state index contributed by atoms with van der Waals surface area (Å²) in [7, 11) is 1.55. The highest BCUT2D eigenvalue weighted by Crippen LogP contribution is 2.23. The van der Waals surface area contributed by atoms with Crippen molar-refractivity contribution >= 4 is 11.7 Å². The summed E-state index contributed by atoms with van der Waals surface area (Å²) in [5, 5.41) is 12.9. The maximum atomic E-state index is 10.8. The zero-order valence-electron chi connectivity index (χ0n) is 13.3. The van der Waals surface area contributed by atoms with Gasteiger partial charge < -0.3 is 9.94 Å². The van der Waals surface area contributed by atoms with E-state index in [1.54, 1.807) is 37.5 Å². The SMILES string of the molecule is CO/N=C1\CCCC(C)=C1/C=C/C#Cc1ccc(C(=O)O)cc1. The molecule has 0 radical (unpaired) electrons. The van der Waals surface area contributed by atoms with Crippen molar-refractivity contribution in [3.8, 4) is 11.8 Å². The molecule has 0 bridgehead atoms. The molecule has 1 aromatic carbocycles. The van der Waals surface area contributed by atoms with E-state index in [9.17, 15) is 4.79 Å². The number of aromatic carboxylic acids is 1. The maximum absolute atomic E-state index is 10.8. The minimum absolute atomic E-state index is 0.259. The summed E-state index contributed by atoms with van der Waals surface area (Å²) in [6.45, 7) is 2.10. The summed E-state index contributed by atoms with van der Waals surface area (Å²) in [4.78, 5) is 15.7. The molecule has 0 heterocycles. The Balaban J connectivity index is 2.12. The van der Waals surface area contributed by atoms with Gasteiger partial charge in [-0.05, 0) is 68.2 Å². The van der Waals surface area contributed by atoms with Crippen LogP contribution in [0.2, 0.25) is 0 Å². The van der Waals surface area contributed by atoms with E-state index in [-0.39, 0.29) is 5.56 Å². The second-order valence-corrected chi connectivity index (χ2v) is 5.25. The molecule has 1 N–H and O–H groups in total. The number of benzene rings is 1. The predicted octanol–water partition coefficient (Wildman–Crippen LogP) is 3.80. The molecule has 0 atom stereocenters. The largest absolute Gasteiger partial charge is 0.478 e. The first-order chi connectivity index (χ1) is 11.1. The van der Waals surface area contributed by atoms with Gasteiger partial charge in [-0.25, -0.2) is 4.79 Å². The minimum atomic E-state index is -0.936. The van der Waals surface area contributed by atoms with Gasteiger partial charge >= 0.3 is 5.97 Å². The van der Waals surface area contributed by atoms with Crippen LogP contribution in [0.25, 0.3) is 0 Å². The van der Waals surface area contributed by atoms with Gasteiger partial charge in [-0.15, -0.1) is 0 Å². The van der Waals surface area contributed by atoms with Gasteiger partial charge in [0, 0.05) is 5.56 Å². The summed E-state index contributed by atoms with van der Waals surface area (Å²) in [5.41, 5.74) is 4.37. The number of hydrogen-bond acceptors (Lipinski definition) is 3. The van der Waals surface area contributed by atoms with Crippen LogP contribution in [0, 0.1) is 11.8 Å². The first kappa shape index (κ1) is 16.6. The van der Waals surface area contributed by atoms with Crippen molar-refractivity contribution in [2.75, 3.05) is 7.11 Å². The highest BCUT2D eigenvalue weighted by atomic mass is 16.6. The zero-order chi connectivity index (χ0) is 16.7. The third-order valence-electron chi connectivity index (χ3n) is 3.62. The zero-order valence-corrected chi connectivity index (χ0v) is 13.3. The van der Waals surface area contributed by atoms with Crippen LogP contribution in [-0.4, -0.2) is 23.9 Å². The molecule has 4 nitrogen and oxygen atoms in total. The summed E-state index contributed by atoms with van der Waals surface area (Å²) in [6.07, 6.45) is 6.82. The molecule has 0 aromatic heterocycles. The molecule has 0 fully saturated rings. The third kappa shape index (κ3) is 4.58. The van der Waals surface area contributed by atoms with Crippen LogP contribution in [0.15, 0.2) is 52.7 Å². The van der Waals surface area contributed by atoms with Crippen molar-refractivity contribution in [2.45, 2.75) is 26.2 Å². The molecule has 1 aliphatic carbocycles. The quantitative estimate of drug-likeness (QED) is 0.682. The first-order valence-corrected chi connectivity index (χ1v) is 7.43. The van der Waals surface area contributed by atoms with Crippen LogP contribution < -0.4 is 0 Å². The number of carbonyl (C=O) groups is 1. The molecular formula is C19H19NO3. The first-order valence-electron chi connectivity index (χ1n) is 7.43. The summed E-state index contributed by atoms with van der Waals surface area (Å²) < 4.78 is 0. The van der Waals surface area contributed by atoms with E-state index in [0.29, 0.717) is 0 Å². The molecule has 0 saturated carbocycles. The monoisotopic (exact) mass is 309 g/mol. The summed E-state index contributed by atoms with van der Waals surface area (Å²) in [6, 6.07) is 6.50. The number of carboxylic acids is 1. The van der Waals surface area contributed by atoms with Crippen LogP contribution in [0.1, 0.15) is 42.1 Å². The predicted molar refractivity (Wildman–Crippen MR) is 90.4 cm³/mol. The number of hydrogen-bond donors (Lipinski definition) is 1. The van der Waals surface area contributed by atoms with Crippen LogP contribution >= 0.6 is 0 Å². The molecule has 0 unspecified atom stereocenters. The Morgan fingerprint density at radius 1 is 1.30 bits per heavy atom. The number of rotatable bonds is 3. The average molecular weight is 309 g/mol. The normalized spacial score (nSPS) is 16.3. The van der Waals surface area contributed by atoms with Gasteiger partial charge in [0.1, 0.15) is 7.11 Å². The Bertz CT molecular complexity index is 728. The van der Waals surface area contributed by atoms with Gasteiger partial charge in [0.25, 0.3) is 0 Å². The lowest BCUT2D eigenvalue weighted by Gasteiger charge is -2.16. The van der Waals surface area contributed by atoms with Gasteiger partial charge in [-0.3, -0.25) is 0 Å². The third-order valence-corrected chi connectivity index (χ3v) is 3.62. The van der Waals surface area contributed by atoms with Crippen molar-refractivity contribution in [3.63, 3.8) is 0 Å². The topological polar surface area (TPSA) is 58.9 Å². The van der Waals surface area contributed by atoms with Crippen molar-refractivity contribution in [1.82, 2.24) is 0 Å². The Morgan fingerprint density at radius 2 is 2.04 bits per heavy atom.